The van der Waals surface area contributed by atoms with Crippen molar-refractivity contribution in [1.29, 1.82) is 0 Å². The van der Waals surface area contributed by atoms with E-state index >= 15 is 0 Å². The molecule has 8 nitrogen and oxygen atoms in total. The molecule has 178 valence electrons. The van der Waals surface area contributed by atoms with Gasteiger partial charge in [-0.3, -0.25) is 9.36 Å². The molecule has 1 aromatic carbocycles. The van der Waals surface area contributed by atoms with E-state index in [1.807, 2.05) is 0 Å². The van der Waals surface area contributed by atoms with E-state index in [0.29, 0.717) is 6.42 Å². The van der Waals surface area contributed by atoms with Crippen molar-refractivity contribution >= 4 is 23.3 Å². The molecule has 33 heavy (non-hydrogen) atoms. The average Bonchev–Trinajstić information content (AvgIpc) is 3.12. The maximum Gasteiger partial charge on any atom is 0.431 e. The largest absolute Gasteiger partial charge is 0.463 e. The maximum atomic E-state index is 14.7. The zero-order chi connectivity index (χ0) is 24.7. The van der Waals surface area contributed by atoms with Gasteiger partial charge in [-0.2, -0.15) is 13.2 Å². The molecule has 0 saturated heterocycles. The zero-order valence-corrected chi connectivity index (χ0v) is 18.4. The number of hydrogen-bond donors (Lipinski definition) is 0. The third-order valence-corrected chi connectivity index (χ3v) is 5.24. The summed E-state index contributed by atoms with van der Waals surface area (Å²) < 4.78 is 59.5. The van der Waals surface area contributed by atoms with Crippen molar-refractivity contribution in [1.82, 2.24) is 9.13 Å². The molecule has 1 aliphatic rings. The Morgan fingerprint density at radius 2 is 1.97 bits per heavy atom. The van der Waals surface area contributed by atoms with E-state index in [4.69, 9.17) is 21.2 Å². The Morgan fingerprint density at radius 3 is 2.58 bits per heavy atom. The second-order valence-corrected chi connectivity index (χ2v) is 7.91. The highest BCUT2D eigenvalue weighted by molar-refractivity contribution is 6.34. The number of oxime groups is 1. The van der Waals surface area contributed by atoms with Crippen molar-refractivity contribution in [2.45, 2.75) is 38.5 Å². The number of carbonyl (C=O) groups is 1. The first kappa shape index (κ1) is 24.5. The number of hydrogen-bond acceptors (Lipinski definition) is 6. The quantitative estimate of drug-likeness (QED) is 0.473. The minimum Gasteiger partial charge on any atom is -0.463 e. The predicted octanol–water partition coefficient (Wildman–Crippen LogP) is 3.18. The van der Waals surface area contributed by atoms with Crippen LogP contribution in [-0.2, 0) is 27.6 Å². The van der Waals surface area contributed by atoms with Gasteiger partial charge < -0.3 is 9.57 Å². The van der Waals surface area contributed by atoms with Crippen LogP contribution in [0.4, 0.5) is 17.6 Å². The molecule has 1 unspecified atom stereocenters. The lowest BCUT2D eigenvalue weighted by Gasteiger charge is -2.19. The molecule has 2 heterocycles. The maximum absolute atomic E-state index is 14.7. The van der Waals surface area contributed by atoms with Gasteiger partial charge in [0, 0.05) is 25.1 Å². The molecule has 0 saturated carbocycles. The second kappa shape index (κ2) is 8.65. The van der Waals surface area contributed by atoms with Gasteiger partial charge in [-0.1, -0.05) is 23.7 Å². The van der Waals surface area contributed by atoms with E-state index in [0.717, 1.165) is 19.2 Å². The topological polar surface area (TPSA) is 91.9 Å². The highest BCUT2D eigenvalue weighted by Crippen LogP contribution is 2.32. The van der Waals surface area contributed by atoms with E-state index in [1.54, 1.807) is 6.92 Å². The lowest BCUT2D eigenvalue weighted by Crippen LogP contribution is -2.41. The molecule has 0 aliphatic carbocycles. The highest BCUT2D eigenvalue weighted by atomic mass is 35.5. The summed E-state index contributed by atoms with van der Waals surface area (Å²) >= 11 is 6.11. The van der Waals surface area contributed by atoms with Crippen LogP contribution in [0, 0.1) is 5.82 Å². The molecular weight excluding hydrogens is 474 g/mol. The summed E-state index contributed by atoms with van der Waals surface area (Å²) in [6, 6.07) is 1.95. The molecule has 0 N–H and O–H groups in total. The second-order valence-electron chi connectivity index (χ2n) is 7.50. The van der Waals surface area contributed by atoms with Crippen molar-refractivity contribution < 1.29 is 31.9 Å². The molecule has 1 aromatic heterocycles. The van der Waals surface area contributed by atoms with Gasteiger partial charge in [-0.15, -0.1) is 0 Å². The normalized spacial score (nSPS) is 18.1. The zero-order valence-electron chi connectivity index (χ0n) is 17.6. The molecule has 2 aromatic rings. The number of halogens is 5. The number of ether oxygens (including phenoxy) is 1. The van der Waals surface area contributed by atoms with Gasteiger partial charge in [-0.25, -0.2) is 18.5 Å². The molecule has 1 aliphatic heterocycles. The smallest absolute Gasteiger partial charge is 0.431 e. The summed E-state index contributed by atoms with van der Waals surface area (Å²) in [7, 11) is 0.804. The standard InChI is InChI=1S/C20H18ClF4N3O5/c1-4-5-32-17(30)19(2)9-13(26-33-19)10-6-14(12(22)7-11(10)21)28-16(29)8-15(20(23,24)25)27(3)18(28)31/h6-8H,4-5,9H2,1-3H3. The molecule has 0 amide bonds. The number of carbonyl (C=O) groups excluding carboxylic acids is 1. The minimum absolute atomic E-state index is 0.0222. The van der Waals surface area contributed by atoms with E-state index in [-0.39, 0.29) is 44.5 Å². The molecule has 0 fully saturated rings. The van der Waals surface area contributed by atoms with E-state index in [2.05, 4.69) is 5.16 Å². The third kappa shape index (κ3) is 4.52. The van der Waals surface area contributed by atoms with Crippen LogP contribution in [0.3, 0.4) is 0 Å². The number of alkyl halides is 3. The van der Waals surface area contributed by atoms with E-state index in [1.165, 1.54) is 6.92 Å². The Morgan fingerprint density at radius 1 is 1.30 bits per heavy atom. The fourth-order valence-corrected chi connectivity index (χ4v) is 3.45. The summed E-state index contributed by atoms with van der Waals surface area (Å²) in [4.78, 5) is 42.4. The summed E-state index contributed by atoms with van der Waals surface area (Å²) in [6.07, 6.45) is -4.51. The monoisotopic (exact) mass is 491 g/mol. The van der Waals surface area contributed by atoms with Gasteiger partial charge in [0.05, 0.1) is 23.0 Å². The predicted molar refractivity (Wildman–Crippen MR) is 109 cm³/mol. The van der Waals surface area contributed by atoms with Crippen LogP contribution < -0.4 is 11.2 Å². The highest BCUT2D eigenvalue weighted by Gasteiger charge is 2.44. The van der Waals surface area contributed by atoms with Crippen molar-refractivity contribution in [3.8, 4) is 5.69 Å². The summed E-state index contributed by atoms with van der Waals surface area (Å²) in [5.74, 6) is -1.82. The van der Waals surface area contributed by atoms with Crippen LogP contribution in [0.1, 0.15) is 37.9 Å². The Bertz CT molecular complexity index is 1270. The molecular formula is C20H18ClF4N3O5. The first-order chi connectivity index (χ1) is 15.3. The molecule has 0 radical (unpaired) electrons. The SMILES string of the molecule is CCCOC(=O)C1(C)CC(c2cc(-n3c(=O)cc(C(F)(F)F)n(C)c3=O)c(F)cc2Cl)=NO1. The van der Waals surface area contributed by atoms with Gasteiger partial charge in [0.15, 0.2) is 0 Å². The first-order valence-electron chi connectivity index (χ1n) is 9.62. The van der Waals surface area contributed by atoms with Gasteiger partial charge >= 0.3 is 17.8 Å². The Kier molecular flexibility index (Phi) is 6.42. The lowest BCUT2D eigenvalue weighted by atomic mass is 9.95. The molecule has 13 heteroatoms. The number of aromatic nitrogens is 2. The molecule has 0 bridgehead atoms. The van der Waals surface area contributed by atoms with Crippen LogP contribution in [0.25, 0.3) is 5.69 Å². The Labute approximate surface area is 189 Å². The van der Waals surface area contributed by atoms with Crippen LogP contribution in [0.15, 0.2) is 32.9 Å². The number of esters is 1. The van der Waals surface area contributed by atoms with Gasteiger partial charge in [0.25, 0.3) is 5.56 Å². The molecule has 0 spiro atoms. The van der Waals surface area contributed by atoms with Gasteiger partial charge in [-0.05, 0) is 25.5 Å². The molecule has 3 rings (SSSR count). The van der Waals surface area contributed by atoms with Crippen molar-refractivity contribution in [3.63, 3.8) is 0 Å². The van der Waals surface area contributed by atoms with Crippen LogP contribution in [0.5, 0.6) is 0 Å². The lowest BCUT2D eigenvalue weighted by molar-refractivity contribution is -0.167. The fourth-order valence-electron chi connectivity index (χ4n) is 3.19. The Balaban J connectivity index is 2.08. The van der Waals surface area contributed by atoms with E-state index in [9.17, 15) is 31.9 Å². The fraction of sp³-hybridized carbons (Fsp3) is 0.400. The van der Waals surface area contributed by atoms with E-state index < -0.39 is 46.2 Å². The average molecular weight is 492 g/mol. The van der Waals surface area contributed by atoms with Crippen LogP contribution in [0.2, 0.25) is 5.02 Å². The van der Waals surface area contributed by atoms with Crippen LogP contribution >= 0.6 is 11.6 Å². The van der Waals surface area contributed by atoms with Gasteiger partial charge in [0.1, 0.15) is 11.5 Å². The Hall–Kier alpha value is -3.15. The minimum atomic E-state index is -4.97. The van der Waals surface area contributed by atoms with Gasteiger partial charge in [0.2, 0.25) is 5.60 Å². The number of rotatable bonds is 5. The van der Waals surface area contributed by atoms with Crippen molar-refractivity contribution in [2.75, 3.05) is 6.61 Å². The van der Waals surface area contributed by atoms with Crippen molar-refractivity contribution in [3.05, 3.63) is 61.1 Å². The number of benzene rings is 1. The summed E-state index contributed by atoms with van der Waals surface area (Å²) in [5, 5.41) is 3.63. The third-order valence-electron chi connectivity index (χ3n) is 4.93. The first-order valence-corrected chi connectivity index (χ1v) is 10.00. The summed E-state index contributed by atoms with van der Waals surface area (Å²) in [6.45, 7) is 3.39. The number of nitrogens with zero attached hydrogens (tertiary/aromatic N) is 3. The summed E-state index contributed by atoms with van der Waals surface area (Å²) in [5.41, 5.74) is -6.31. The van der Waals surface area contributed by atoms with Crippen LogP contribution in [-0.4, -0.2) is 33.0 Å². The molecule has 1 atom stereocenters. The van der Waals surface area contributed by atoms with Crippen molar-refractivity contribution in [2.24, 2.45) is 12.2 Å².